The van der Waals surface area contributed by atoms with Crippen molar-refractivity contribution in [2.45, 2.75) is 96.4 Å². The SMILES string of the molecule is [CH2]C(C=CCCCCCCCCCCCC)N1C(=O)CCC1=O. The van der Waals surface area contributed by atoms with Gasteiger partial charge in [-0.2, -0.15) is 0 Å². The molecule has 1 aliphatic rings. The minimum absolute atomic E-state index is 0.0846. The zero-order valence-corrected chi connectivity index (χ0v) is 14.9. The van der Waals surface area contributed by atoms with E-state index in [1.165, 1.54) is 69.1 Å². The summed E-state index contributed by atoms with van der Waals surface area (Å²) >= 11 is 0. The largest absolute Gasteiger partial charge is 0.276 e. The summed E-state index contributed by atoms with van der Waals surface area (Å²) in [6.07, 6.45) is 19.1. The number of unbranched alkanes of at least 4 members (excludes halogenated alkanes) is 10. The molecule has 0 saturated carbocycles. The maximum absolute atomic E-state index is 11.6. The Labute approximate surface area is 142 Å². The van der Waals surface area contributed by atoms with Gasteiger partial charge in [-0.1, -0.05) is 76.9 Å². The molecule has 0 bridgehead atoms. The Hall–Kier alpha value is -1.12. The number of amides is 2. The molecular formula is C20H34NO2. The van der Waals surface area contributed by atoms with E-state index in [0.29, 0.717) is 12.8 Å². The highest BCUT2D eigenvalue weighted by Crippen LogP contribution is 2.16. The molecule has 1 saturated heterocycles. The van der Waals surface area contributed by atoms with E-state index in [-0.39, 0.29) is 17.9 Å². The fourth-order valence-corrected chi connectivity index (χ4v) is 3.05. The van der Waals surface area contributed by atoms with Crippen molar-refractivity contribution in [1.29, 1.82) is 0 Å². The van der Waals surface area contributed by atoms with Crippen LogP contribution < -0.4 is 0 Å². The van der Waals surface area contributed by atoms with Crippen molar-refractivity contribution in [1.82, 2.24) is 4.90 Å². The standard InChI is InChI=1S/C20H34NO2/c1-3-4-5-6-7-8-9-10-11-12-13-14-15-18(2)21-19(22)16-17-20(21)23/h14-15,18H,2-13,16-17H2,1H3. The zero-order valence-electron chi connectivity index (χ0n) is 14.9. The quantitative estimate of drug-likeness (QED) is 0.265. The first-order chi connectivity index (χ1) is 11.2. The predicted molar refractivity (Wildman–Crippen MR) is 95.8 cm³/mol. The molecule has 23 heavy (non-hydrogen) atoms. The lowest BCUT2D eigenvalue weighted by Crippen LogP contribution is -2.36. The average Bonchev–Trinajstić information content (AvgIpc) is 2.87. The molecular weight excluding hydrogens is 286 g/mol. The Kier molecular flexibility index (Phi) is 10.7. The number of hydrogen-bond acceptors (Lipinski definition) is 2. The summed E-state index contributed by atoms with van der Waals surface area (Å²) in [4.78, 5) is 24.5. The van der Waals surface area contributed by atoms with Crippen LogP contribution in [0.25, 0.3) is 0 Å². The van der Waals surface area contributed by atoms with E-state index in [9.17, 15) is 9.59 Å². The summed E-state index contributed by atoms with van der Waals surface area (Å²) in [7, 11) is 0. The van der Waals surface area contributed by atoms with E-state index in [0.717, 1.165) is 6.42 Å². The summed E-state index contributed by atoms with van der Waals surface area (Å²) < 4.78 is 0. The molecule has 1 fully saturated rings. The molecule has 0 aromatic heterocycles. The van der Waals surface area contributed by atoms with Gasteiger partial charge in [-0.15, -0.1) is 0 Å². The van der Waals surface area contributed by atoms with Gasteiger partial charge in [0.15, 0.2) is 0 Å². The minimum atomic E-state index is -0.333. The van der Waals surface area contributed by atoms with E-state index in [4.69, 9.17) is 0 Å². The molecule has 0 aromatic rings. The van der Waals surface area contributed by atoms with Gasteiger partial charge in [-0.05, 0) is 19.8 Å². The van der Waals surface area contributed by atoms with Crippen molar-refractivity contribution in [2.24, 2.45) is 0 Å². The second-order valence-corrected chi connectivity index (χ2v) is 6.62. The van der Waals surface area contributed by atoms with Crippen molar-refractivity contribution in [3.63, 3.8) is 0 Å². The fraction of sp³-hybridized carbons (Fsp3) is 0.750. The lowest BCUT2D eigenvalue weighted by molar-refractivity contribution is -0.139. The zero-order chi connectivity index (χ0) is 16.9. The third-order valence-electron chi connectivity index (χ3n) is 4.50. The molecule has 1 aliphatic heterocycles. The Morgan fingerprint density at radius 3 is 1.91 bits per heavy atom. The average molecular weight is 320 g/mol. The molecule has 0 spiro atoms. The van der Waals surface area contributed by atoms with Crippen LogP contribution in [-0.2, 0) is 9.59 Å². The molecule has 0 aliphatic carbocycles. The molecule has 1 heterocycles. The molecule has 0 aromatic carbocycles. The van der Waals surface area contributed by atoms with Crippen molar-refractivity contribution in [2.75, 3.05) is 0 Å². The number of rotatable bonds is 13. The smallest absolute Gasteiger partial charge is 0.230 e. The van der Waals surface area contributed by atoms with Gasteiger partial charge in [0.1, 0.15) is 0 Å². The number of carbonyl (C=O) groups excluding carboxylic acids is 2. The summed E-state index contributed by atoms with van der Waals surface area (Å²) in [5.41, 5.74) is 0. The number of likely N-dealkylation sites (tertiary alicyclic amines) is 1. The van der Waals surface area contributed by atoms with Crippen molar-refractivity contribution in [3.8, 4) is 0 Å². The van der Waals surface area contributed by atoms with E-state index in [1.807, 2.05) is 6.08 Å². The van der Waals surface area contributed by atoms with Crippen LogP contribution in [0.4, 0.5) is 0 Å². The van der Waals surface area contributed by atoms with Crippen LogP contribution in [0.5, 0.6) is 0 Å². The van der Waals surface area contributed by atoms with E-state index in [2.05, 4.69) is 19.9 Å². The van der Waals surface area contributed by atoms with Crippen LogP contribution in [0, 0.1) is 6.92 Å². The van der Waals surface area contributed by atoms with E-state index in [1.54, 1.807) is 0 Å². The Morgan fingerprint density at radius 2 is 1.39 bits per heavy atom. The second kappa shape index (κ2) is 12.3. The first kappa shape index (κ1) is 19.9. The van der Waals surface area contributed by atoms with Gasteiger partial charge < -0.3 is 0 Å². The molecule has 1 rings (SSSR count). The van der Waals surface area contributed by atoms with Crippen LogP contribution in [0.3, 0.4) is 0 Å². The van der Waals surface area contributed by atoms with E-state index < -0.39 is 0 Å². The first-order valence-corrected chi connectivity index (χ1v) is 9.51. The molecule has 3 nitrogen and oxygen atoms in total. The first-order valence-electron chi connectivity index (χ1n) is 9.51. The summed E-state index contributed by atoms with van der Waals surface area (Å²) in [5.74, 6) is -0.169. The van der Waals surface area contributed by atoms with Crippen LogP contribution in [0.15, 0.2) is 12.2 Å². The van der Waals surface area contributed by atoms with Crippen molar-refractivity contribution >= 4 is 11.8 Å². The number of nitrogens with zero attached hydrogens (tertiary/aromatic N) is 1. The van der Waals surface area contributed by atoms with E-state index >= 15 is 0 Å². The fourth-order valence-electron chi connectivity index (χ4n) is 3.05. The Balaban J connectivity index is 1.96. The summed E-state index contributed by atoms with van der Waals surface area (Å²) in [6.45, 7) is 6.16. The van der Waals surface area contributed by atoms with Gasteiger partial charge >= 0.3 is 0 Å². The third kappa shape index (κ3) is 8.34. The molecule has 1 atom stereocenters. The molecule has 131 valence electrons. The molecule has 0 N–H and O–H groups in total. The highest BCUT2D eigenvalue weighted by Gasteiger charge is 2.31. The van der Waals surface area contributed by atoms with Gasteiger partial charge in [0.05, 0.1) is 6.04 Å². The van der Waals surface area contributed by atoms with Gasteiger partial charge in [0, 0.05) is 12.8 Å². The highest BCUT2D eigenvalue weighted by molar-refractivity contribution is 6.02. The summed E-state index contributed by atoms with van der Waals surface area (Å²) in [5, 5.41) is 0. The monoisotopic (exact) mass is 320 g/mol. The maximum atomic E-state index is 11.6. The van der Waals surface area contributed by atoms with Gasteiger partial charge in [-0.25, -0.2) is 0 Å². The van der Waals surface area contributed by atoms with Gasteiger partial charge in [-0.3, -0.25) is 14.5 Å². The van der Waals surface area contributed by atoms with Crippen LogP contribution in [-0.4, -0.2) is 22.8 Å². The van der Waals surface area contributed by atoms with Gasteiger partial charge in [0.25, 0.3) is 0 Å². The van der Waals surface area contributed by atoms with Crippen LogP contribution >= 0.6 is 0 Å². The molecule has 1 radical (unpaired) electrons. The van der Waals surface area contributed by atoms with Crippen molar-refractivity contribution < 1.29 is 9.59 Å². The maximum Gasteiger partial charge on any atom is 0.230 e. The van der Waals surface area contributed by atoms with Crippen LogP contribution in [0.1, 0.15) is 90.4 Å². The predicted octanol–water partition coefficient (Wildman–Crippen LogP) is 5.21. The Morgan fingerprint density at radius 1 is 0.913 bits per heavy atom. The normalized spacial score (nSPS) is 16.7. The van der Waals surface area contributed by atoms with Crippen molar-refractivity contribution in [3.05, 3.63) is 19.1 Å². The van der Waals surface area contributed by atoms with Gasteiger partial charge in [0.2, 0.25) is 11.8 Å². The second-order valence-electron chi connectivity index (χ2n) is 6.62. The number of hydrogen-bond donors (Lipinski definition) is 0. The van der Waals surface area contributed by atoms with Crippen LogP contribution in [0.2, 0.25) is 0 Å². The number of allylic oxidation sites excluding steroid dienone is 1. The third-order valence-corrected chi connectivity index (χ3v) is 4.50. The molecule has 1 unspecified atom stereocenters. The number of carbonyl (C=O) groups is 2. The minimum Gasteiger partial charge on any atom is -0.276 e. The Bertz CT molecular complexity index is 360. The highest BCUT2D eigenvalue weighted by atomic mass is 16.2. The lowest BCUT2D eigenvalue weighted by Gasteiger charge is -2.18. The number of imide groups is 1. The summed E-state index contributed by atoms with van der Waals surface area (Å²) in [6, 6.07) is -0.333. The lowest BCUT2D eigenvalue weighted by atomic mass is 10.1. The molecule has 3 heteroatoms. The molecule has 2 amide bonds. The topological polar surface area (TPSA) is 37.4 Å².